The molecule has 17 heavy (non-hydrogen) atoms. The van der Waals surface area contributed by atoms with Crippen LogP contribution >= 0.6 is 0 Å². The van der Waals surface area contributed by atoms with Crippen molar-refractivity contribution in [3.05, 3.63) is 24.0 Å². The lowest BCUT2D eigenvalue weighted by molar-refractivity contribution is 0.0303. The number of pyridine rings is 1. The van der Waals surface area contributed by atoms with Crippen LogP contribution in [0.2, 0.25) is 0 Å². The number of aromatic nitrogens is 1. The number of carbonyl (C=O) groups is 1. The number of nitrogens with one attached hydrogen (secondary N) is 1. The number of amides is 1. The van der Waals surface area contributed by atoms with Gasteiger partial charge in [-0.3, -0.25) is 9.78 Å². The maximum absolute atomic E-state index is 12.3. The SMILES string of the molecule is CCNc1ccncc1C(=O)N1CCOCC1. The molecule has 1 aliphatic rings. The zero-order valence-corrected chi connectivity index (χ0v) is 9.98. The molecule has 2 rings (SSSR count). The van der Waals surface area contributed by atoms with E-state index in [0.29, 0.717) is 31.9 Å². The van der Waals surface area contributed by atoms with E-state index in [0.717, 1.165) is 12.2 Å². The summed E-state index contributed by atoms with van der Waals surface area (Å²) in [6.45, 7) is 5.32. The van der Waals surface area contributed by atoms with Crippen molar-refractivity contribution < 1.29 is 9.53 Å². The van der Waals surface area contributed by atoms with Gasteiger partial charge in [0.15, 0.2) is 0 Å². The smallest absolute Gasteiger partial charge is 0.257 e. The van der Waals surface area contributed by atoms with Gasteiger partial charge in [-0.05, 0) is 13.0 Å². The third kappa shape index (κ3) is 2.74. The van der Waals surface area contributed by atoms with Crippen molar-refractivity contribution in [1.82, 2.24) is 9.88 Å². The van der Waals surface area contributed by atoms with Gasteiger partial charge in [0.1, 0.15) is 0 Å². The summed E-state index contributed by atoms with van der Waals surface area (Å²) in [5, 5.41) is 3.18. The largest absolute Gasteiger partial charge is 0.385 e. The summed E-state index contributed by atoms with van der Waals surface area (Å²) in [5.41, 5.74) is 1.48. The van der Waals surface area contributed by atoms with Crippen molar-refractivity contribution in [1.29, 1.82) is 0 Å². The third-order valence-electron chi connectivity index (χ3n) is 2.72. The molecule has 2 heterocycles. The molecular weight excluding hydrogens is 218 g/mol. The zero-order valence-electron chi connectivity index (χ0n) is 9.98. The van der Waals surface area contributed by atoms with E-state index in [1.807, 2.05) is 13.0 Å². The molecule has 1 saturated heterocycles. The summed E-state index contributed by atoms with van der Waals surface area (Å²) in [4.78, 5) is 18.1. The lowest BCUT2D eigenvalue weighted by atomic mass is 10.2. The fourth-order valence-electron chi connectivity index (χ4n) is 1.85. The Morgan fingerprint density at radius 1 is 1.53 bits per heavy atom. The predicted molar refractivity (Wildman–Crippen MR) is 65.1 cm³/mol. The van der Waals surface area contributed by atoms with Crippen molar-refractivity contribution in [2.24, 2.45) is 0 Å². The average Bonchev–Trinajstić information content (AvgIpc) is 2.40. The number of hydrogen-bond acceptors (Lipinski definition) is 4. The summed E-state index contributed by atoms with van der Waals surface area (Å²) >= 11 is 0. The van der Waals surface area contributed by atoms with Crippen molar-refractivity contribution in [3.8, 4) is 0 Å². The lowest BCUT2D eigenvalue weighted by Gasteiger charge is -2.27. The highest BCUT2D eigenvalue weighted by molar-refractivity contribution is 5.99. The van der Waals surface area contributed by atoms with Gasteiger partial charge in [0.25, 0.3) is 5.91 Å². The van der Waals surface area contributed by atoms with Crippen molar-refractivity contribution in [3.63, 3.8) is 0 Å². The van der Waals surface area contributed by atoms with Gasteiger partial charge in [-0.1, -0.05) is 0 Å². The predicted octanol–water partition coefficient (Wildman–Crippen LogP) is 0.986. The molecule has 0 aromatic carbocycles. The molecule has 1 aliphatic heterocycles. The van der Waals surface area contributed by atoms with E-state index in [-0.39, 0.29) is 5.91 Å². The Morgan fingerprint density at radius 2 is 2.29 bits per heavy atom. The second-order valence-corrected chi connectivity index (χ2v) is 3.86. The number of morpholine rings is 1. The number of ether oxygens (including phenoxy) is 1. The first-order valence-corrected chi connectivity index (χ1v) is 5.88. The number of nitrogens with zero attached hydrogens (tertiary/aromatic N) is 2. The maximum Gasteiger partial charge on any atom is 0.257 e. The van der Waals surface area contributed by atoms with Crippen LogP contribution in [-0.4, -0.2) is 48.6 Å². The fourth-order valence-corrected chi connectivity index (χ4v) is 1.85. The molecule has 0 radical (unpaired) electrons. The van der Waals surface area contributed by atoms with Crippen molar-refractivity contribution in [2.75, 3.05) is 38.2 Å². The van der Waals surface area contributed by atoms with Crippen LogP contribution in [0.15, 0.2) is 18.5 Å². The normalized spacial score (nSPS) is 15.7. The highest BCUT2D eigenvalue weighted by atomic mass is 16.5. The Balaban J connectivity index is 2.17. The van der Waals surface area contributed by atoms with Gasteiger partial charge in [-0.15, -0.1) is 0 Å². The number of carbonyl (C=O) groups excluding carboxylic acids is 1. The summed E-state index contributed by atoms with van der Waals surface area (Å²) < 4.78 is 5.24. The molecular formula is C12H17N3O2. The minimum atomic E-state index is 0.0253. The van der Waals surface area contributed by atoms with Crippen LogP contribution in [0, 0.1) is 0 Å². The number of anilines is 1. The molecule has 1 fully saturated rings. The highest BCUT2D eigenvalue weighted by Crippen LogP contribution is 2.16. The third-order valence-corrected chi connectivity index (χ3v) is 2.72. The molecule has 1 N–H and O–H groups in total. The summed E-state index contributed by atoms with van der Waals surface area (Å²) in [6.07, 6.45) is 3.31. The molecule has 92 valence electrons. The molecule has 0 unspecified atom stereocenters. The first kappa shape index (κ1) is 11.9. The quantitative estimate of drug-likeness (QED) is 0.848. The number of hydrogen-bond donors (Lipinski definition) is 1. The van der Waals surface area contributed by atoms with Crippen LogP contribution in [0.3, 0.4) is 0 Å². The summed E-state index contributed by atoms with van der Waals surface area (Å²) in [5.74, 6) is 0.0253. The second kappa shape index (κ2) is 5.63. The molecule has 0 spiro atoms. The van der Waals surface area contributed by atoms with Crippen LogP contribution in [0.5, 0.6) is 0 Å². The monoisotopic (exact) mass is 235 g/mol. The molecule has 5 nitrogen and oxygen atoms in total. The van der Waals surface area contributed by atoms with Crippen LogP contribution in [0.25, 0.3) is 0 Å². The maximum atomic E-state index is 12.3. The van der Waals surface area contributed by atoms with Crippen LogP contribution in [0.1, 0.15) is 17.3 Å². The second-order valence-electron chi connectivity index (χ2n) is 3.86. The van der Waals surface area contributed by atoms with Gasteiger partial charge in [-0.2, -0.15) is 0 Å². The molecule has 1 aromatic heterocycles. The van der Waals surface area contributed by atoms with Crippen LogP contribution < -0.4 is 5.32 Å². The minimum Gasteiger partial charge on any atom is -0.385 e. The van der Waals surface area contributed by atoms with Gasteiger partial charge in [0, 0.05) is 32.0 Å². The van der Waals surface area contributed by atoms with Crippen LogP contribution in [-0.2, 0) is 4.74 Å². The van der Waals surface area contributed by atoms with E-state index in [9.17, 15) is 4.79 Å². The fraction of sp³-hybridized carbons (Fsp3) is 0.500. The minimum absolute atomic E-state index is 0.0253. The van der Waals surface area contributed by atoms with E-state index in [1.54, 1.807) is 17.3 Å². The zero-order chi connectivity index (χ0) is 12.1. The average molecular weight is 235 g/mol. The Labute approximate surface area is 101 Å². The highest BCUT2D eigenvalue weighted by Gasteiger charge is 2.20. The standard InChI is InChI=1S/C12H17N3O2/c1-2-14-11-3-4-13-9-10(11)12(16)15-5-7-17-8-6-15/h3-4,9H,2,5-8H2,1H3,(H,13,14). The molecule has 0 saturated carbocycles. The van der Waals surface area contributed by atoms with Gasteiger partial charge in [0.2, 0.25) is 0 Å². The molecule has 5 heteroatoms. The molecule has 1 aromatic rings. The van der Waals surface area contributed by atoms with E-state index < -0.39 is 0 Å². The Morgan fingerprint density at radius 3 is 3.00 bits per heavy atom. The molecule has 0 atom stereocenters. The number of rotatable bonds is 3. The molecule has 0 aliphatic carbocycles. The van der Waals surface area contributed by atoms with Crippen molar-refractivity contribution >= 4 is 11.6 Å². The first-order valence-electron chi connectivity index (χ1n) is 5.88. The first-order chi connectivity index (χ1) is 8.33. The summed E-state index contributed by atoms with van der Waals surface area (Å²) in [7, 11) is 0. The topological polar surface area (TPSA) is 54.5 Å². The van der Waals surface area contributed by atoms with Gasteiger partial charge in [0.05, 0.1) is 24.5 Å². The van der Waals surface area contributed by atoms with Gasteiger partial charge >= 0.3 is 0 Å². The van der Waals surface area contributed by atoms with Crippen molar-refractivity contribution in [2.45, 2.75) is 6.92 Å². The van der Waals surface area contributed by atoms with E-state index in [1.165, 1.54) is 0 Å². The van der Waals surface area contributed by atoms with Gasteiger partial charge in [-0.25, -0.2) is 0 Å². The van der Waals surface area contributed by atoms with Gasteiger partial charge < -0.3 is 15.0 Å². The van der Waals surface area contributed by atoms with Crippen LogP contribution in [0.4, 0.5) is 5.69 Å². The molecule has 1 amide bonds. The Kier molecular flexibility index (Phi) is 3.93. The lowest BCUT2D eigenvalue weighted by Crippen LogP contribution is -2.41. The Bertz CT molecular complexity index is 389. The van der Waals surface area contributed by atoms with E-state index in [2.05, 4.69) is 10.3 Å². The molecule has 0 bridgehead atoms. The Hall–Kier alpha value is -1.62. The van der Waals surface area contributed by atoms with E-state index in [4.69, 9.17) is 4.74 Å². The van der Waals surface area contributed by atoms with E-state index >= 15 is 0 Å². The summed E-state index contributed by atoms with van der Waals surface area (Å²) in [6, 6.07) is 1.83.